The van der Waals surface area contributed by atoms with Crippen molar-refractivity contribution in [3.8, 4) is 0 Å². The maximum Gasteiger partial charge on any atom is 0.342 e. The highest BCUT2D eigenvalue weighted by molar-refractivity contribution is 7.86. The molecule has 1 atom stereocenters. The summed E-state index contributed by atoms with van der Waals surface area (Å²) < 4.78 is 29.9. The van der Waals surface area contributed by atoms with Gasteiger partial charge in [-0.2, -0.15) is 13.1 Å². The van der Waals surface area contributed by atoms with Crippen LogP contribution in [-0.4, -0.2) is 38.5 Å². The van der Waals surface area contributed by atoms with Gasteiger partial charge in [-0.1, -0.05) is 22.0 Å². The third-order valence-corrected chi connectivity index (χ3v) is 4.99. The minimum absolute atomic E-state index is 0.0530. The number of likely N-dealkylation sites (tertiary alicyclic amines) is 1. The maximum atomic E-state index is 12.3. The lowest BCUT2D eigenvalue weighted by Gasteiger charge is -2.35. The van der Waals surface area contributed by atoms with Gasteiger partial charge >= 0.3 is 10.1 Å². The average Bonchev–Trinajstić information content (AvgIpc) is 2.38. The largest absolute Gasteiger partial charge is 0.342 e. The molecule has 0 aliphatic carbocycles. The van der Waals surface area contributed by atoms with E-state index in [1.54, 1.807) is 12.1 Å². The van der Waals surface area contributed by atoms with Crippen molar-refractivity contribution in [3.05, 3.63) is 29.8 Å². The number of ketones is 1. The predicted molar refractivity (Wildman–Crippen MR) is 74.2 cm³/mol. The average molecular weight is 298 g/mol. The first-order chi connectivity index (χ1) is 9.37. The predicted octanol–water partition coefficient (Wildman–Crippen LogP) is 1.81. The zero-order valence-electron chi connectivity index (χ0n) is 11.8. The number of hydrogen-bond acceptors (Lipinski definition) is 4. The molecule has 1 fully saturated rings. The van der Waals surface area contributed by atoms with Gasteiger partial charge in [0.15, 0.2) is 12.3 Å². The van der Waals surface area contributed by atoms with E-state index in [-0.39, 0.29) is 21.9 Å². The van der Waals surface area contributed by atoms with E-state index in [0.29, 0.717) is 25.9 Å². The molecule has 1 aromatic rings. The molecule has 5 nitrogen and oxygen atoms in total. The van der Waals surface area contributed by atoms with Crippen LogP contribution >= 0.6 is 0 Å². The van der Waals surface area contributed by atoms with Crippen LogP contribution in [0.4, 0.5) is 0 Å². The van der Waals surface area contributed by atoms with Crippen molar-refractivity contribution in [2.75, 3.05) is 19.6 Å². The van der Waals surface area contributed by atoms with Gasteiger partial charge in [0.05, 0.1) is 4.90 Å². The van der Waals surface area contributed by atoms with Crippen molar-refractivity contribution in [3.63, 3.8) is 0 Å². The zero-order valence-corrected chi connectivity index (χ0v) is 12.6. The number of carbonyl (C=O) groups excluding carboxylic acids is 1. The van der Waals surface area contributed by atoms with Gasteiger partial charge in [-0.15, -0.1) is 0 Å². The van der Waals surface area contributed by atoms with Crippen LogP contribution in [0, 0.1) is 6.92 Å². The summed E-state index contributed by atoms with van der Waals surface area (Å²) in [5.74, 6) is 0.0530. The van der Waals surface area contributed by atoms with E-state index in [1.807, 2.05) is 13.8 Å². The van der Waals surface area contributed by atoms with E-state index in [1.165, 1.54) is 12.1 Å². The lowest BCUT2D eigenvalue weighted by Crippen LogP contribution is -2.55. The van der Waals surface area contributed by atoms with Gasteiger partial charge in [0.25, 0.3) is 0 Å². The number of hydroxylamine groups is 3. The molecule has 0 bridgehead atoms. The number of quaternary nitrogens is 1. The highest BCUT2D eigenvalue weighted by atomic mass is 32.2. The molecule has 6 heteroatoms. The fraction of sp³-hybridized carbons (Fsp3) is 0.500. The molecule has 1 heterocycles. The monoisotopic (exact) mass is 298 g/mol. The van der Waals surface area contributed by atoms with E-state index in [0.717, 1.165) is 5.56 Å². The van der Waals surface area contributed by atoms with Crippen molar-refractivity contribution in [2.45, 2.75) is 31.6 Å². The second kappa shape index (κ2) is 5.63. The molecule has 1 saturated heterocycles. The minimum Gasteiger partial charge on any atom is -0.293 e. The smallest absolute Gasteiger partial charge is 0.293 e. The van der Waals surface area contributed by atoms with Crippen LogP contribution < -0.4 is 0 Å². The minimum atomic E-state index is -3.85. The molecule has 1 aliphatic rings. The van der Waals surface area contributed by atoms with Crippen molar-refractivity contribution < 1.29 is 22.1 Å². The number of carbonyl (C=O) groups is 1. The van der Waals surface area contributed by atoms with Crippen LogP contribution in [0.25, 0.3) is 0 Å². The Morgan fingerprint density at radius 1 is 1.25 bits per heavy atom. The maximum absolute atomic E-state index is 12.3. The lowest BCUT2D eigenvalue weighted by molar-refractivity contribution is -1.07. The number of nitrogens with zero attached hydrogens (tertiary/aromatic N) is 1. The summed E-state index contributed by atoms with van der Waals surface area (Å²) in [4.78, 5) is 11.7. The molecule has 1 aromatic carbocycles. The van der Waals surface area contributed by atoms with Gasteiger partial charge in [0.2, 0.25) is 0 Å². The normalized spacial score (nSPS) is 23.8. The van der Waals surface area contributed by atoms with Gasteiger partial charge < -0.3 is 0 Å². The molecule has 0 saturated carbocycles. The first-order valence-corrected chi connectivity index (χ1v) is 8.18. The quantitative estimate of drug-likeness (QED) is 0.796. The molecular weight excluding hydrogens is 278 g/mol. The van der Waals surface area contributed by atoms with E-state index in [9.17, 15) is 13.2 Å². The van der Waals surface area contributed by atoms with E-state index in [2.05, 4.69) is 0 Å². The van der Waals surface area contributed by atoms with Gasteiger partial charge in [-0.05, 0) is 26.0 Å². The summed E-state index contributed by atoms with van der Waals surface area (Å²) in [7, 11) is -3.85. The Morgan fingerprint density at radius 3 is 2.45 bits per heavy atom. The molecule has 1 aliphatic heterocycles. The SMILES string of the molecule is CC[N+]1(OS(=O)(=O)c2ccc(C)cc2)CCCC(=O)C1. The number of rotatable bonds is 4. The Balaban J connectivity index is 2.26. The molecule has 0 amide bonds. The fourth-order valence-electron chi connectivity index (χ4n) is 2.39. The molecule has 0 N–H and O–H groups in total. The number of benzene rings is 1. The van der Waals surface area contributed by atoms with Crippen LogP contribution in [0.15, 0.2) is 29.2 Å². The number of hydrogen-bond donors (Lipinski definition) is 0. The van der Waals surface area contributed by atoms with Crippen LogP contribution in [0.3, 0.4) is 0 Å². The number of likely N-dealkylation sites (N-methyl/N-ethyl adjacent to an activating group) is 1. The zero-order chi connectivity index (χ0) is 14.8. The lowest BCUT2D eigenvalue weighted by atomic mass is 10.1. The van der Waals surface area contributed by atoms with Crippen molar-refractivity contribution in [2.24, 2.45) is 0 Å². The second-order valence-electron chi connectivity index (χ2n) is 5.24. The third-order valence-electron chi connectivity index (χ3n) is 3.63. The van der Waals surface area contributed by atoms with E-state index in [4.69, 9.17) is 4.28 Å². The number of Topliss-reactive ketones (excluding diaryl/α,β-unsaturated/α-hetero) is 1. The summed E-state index contributed by atoms with van der Waals surface area (Å²) in [5.41, 5.74) is 0.983. The Morgan fingerprint density at radius 2 is 1.90 bits per heavy atom. The van der Waals surface area contributed by atoms with E-state index < -0.39 is 10.1 Å². The van der Waals surface area contributed by atoms with Crippen LogP contribution in [0.1, 0.15) is 25.3 Å². The highest BCUT2D eigenvalue weighted by Gasteiger charge is 2.40. The van der Waals surface area contributed by atoms with E-state index >= 15 is 0 Å². The third kappa shape index (κ3) is 3.26. The van der Waals surface area contributed by atoms with Crippen LogP contribution in [0.5, 0.6) is 0 Å². The van der Waals surface area contributed by atoms with Gasteiger partial charge in [-0.25, -0.2) is 0 Å². The Bertz CT molecular complexity index is 594. The summed E-state index contributed by atoms with van der Waals surface area (Å²) in [6.45, 7) is 4.86. The van der Waals surface area contributed by atoms with Crippen LogP contribution in [0.2, 0.25) is 0 Å². The topological polar surface area (TPSA) is 60.4 Å². The Kier molecular flexibility index (Phi) is 4.27. The van der Waals surface area contributed by atoms with Gasteiger partial charge in [0.1, 0.15) is 13.1 Å². The summed E-state index contributed by atoms with van der Waals surface area (Å²) in [6.07, 6.45) is 1.17. The standard InChI is InChI=1S/C14H20NO4S/c1-3-15(10-4-5-13(16)11-15)19-20(17,18)14-8-6-12(2)7-9-14/h6-9H,3-5,10-11H2,1-2H3/q+1. The van der Waals surface area contributed by atoms with Gasteiger partial charge in [0, 0.05) is 12.8 Å². The molecule has 2 rings (SSSR count). The summed E-state index contributed by atoms with van der Waals surface area (Å²) in [6, 6.07) is 6.52. The Labute approximate surface area is 119 Å². The fourth-order valence-corrected chi connectivity index (χ4v) is 3.59. The van der Waals surface area contributed by atoms with Crippen molar-refractivity contribution in [1.82, 2.24) is 0 Å². The molecular formula is C14H20NO4S+. The number of piperidine rings is 1. The molecule has 0 aromatic heterocycles. The molecule has 20 heavy (non-hydrogen) atoms. The van der Waals surface area contributed by atoms with Crippen molar-refractivity contribution in [1.29, 1.82) is 0 Å². The van der Waals surface area contributed by atoms with Crippen LogP contribution in [-0.2, 0) is 19.2 Å². The van der Waals surface area contributed by atoms with Crippen molar-refractivity contribution >= 4 is 15.9 Å². The molecule has 0 radical (unpaired) electrons. The number of aryl methyl sites for hydroxylation is 1. The highest BCUT2D eigenvalue weighted by Crippen LogP contribution is 2.23. The van der Waals surface area contributed by atoms with Gasteiger partial charge in [-0.3, -0.25) is 4.79 Å². The first kappa shape index (κ1) is 15.2. The molecule has 110 valence electrons. The summed E-state index contributed by atoms with van der Waals surface area (Å²) in [5, 5.41) is 0. The molecule has 1 unspecified atom stereocenters. The second-order valence-corrected chi connectivity index (χ2v) is 6.77. The summed E-state index contributed by atoms with van der Waals surface area (Å²) >= 11 is 0. The molecule has 0 spiro atoms. The first-order valence-electron chi connectivity index (χ1n) is 6.78. The Hall–Kier alpha value is -1.24.